The summed E-state index contributed by atoms with van der Waals surface area (Å²) >= 11 is 0. The van der Waals surface area contributed by atoms with Crippen LogP contribution in [0.15, 0.2) is 30.3 Å². The third-order valence-corrected chi connectivity index (χ3v) is 3.98. The maximum atomic E-state index is 12.2. The van der Waals surface area contributed by atoms with Crippen LogP contribution in [0.25, 0.3) is 0 Å². The number of rotatable bonds is 16. The van der Waals surface area contributed by atoms with Gasteiger partial charge in [0, 0.05) is 26.3 Å². The van der Waals surface area contributed by atoms with Gasteiger partial charge < -0.3 is 14.2 Å². The Bertz CT molecular complexity index is 439. The lowest BCUT2D eigenvalue weighted by Crippen LogP contribution is -2.36. The van der Waals surface area contributed by atoms with Crippen molar-refractivity contribution < 1.29 is 19.0 Å². The smallest absolute Gasteiger partial charge is 0.320 e. The second kappa shape index (κ2) is 15.8. The van der Waals surface area contributed by atoms with Crippen LogP contribution < -0.4 is 0 Å². The topological polar surface area (TPSA) is 48.0 Å². The van der Waals surface area contributed by atoms with Crippen LogP contribution in [0.2, 0.25) is 0 Å². The van der Waals surface area contributed by atoms with Crippen molar-refractivity contribution in [2.75, 3.05) is 46.1 Å². The van der Waals surface area contributed by atoms with Crippen molar-refractivity contribution in [2.45, 2.75) is 46.1 Å². The standard InChI is InChI=1S/C21H35NO4/c1-3-5-14-24-16-12-22(13-17-25-15-6-4-2)18-21(23)26-19-20-10-8-7-9-11-20/h7-11H,3-6,12-19H2,1-2H3. The van der Waals surface area contributed by atoms with Gasteiger partial charge in [0.1, 0.15) is 6.61 Å². The Morgan fingerprint density at radius 1 is 0.885 bits per heavy atom. The molecule has 0 fully saturated rings. The molecule has 1 aromatic rings. The van der Waals surface area contributed by atoms with Crippen molar-refractivity contribution in [3.05, 3.63) is 35.9 Å². The summed E-state index contributed by atoms with van der Waals surface area (Å²) in [5, 5.41) is 0. The van der Waals surface area contributed by atoms with Crippen LogP contribution in [-0.4, -0.2) is 56.9 Å². The first kappa shape index (κ1) is 22.6. The van der Waals surface area contributed by atoms with Gasteiger partial charge in [-0.15, -0.1) is 0 Å². The normalized spacial score (nSPS) is 11.0. The van der Waals surface area contributed by atoms with E-state index in [0.717, 1.165) is 44.5 Å². The number of ether oxygens (including phenoxy) is 3. The Kier molecular flexibility index (Phi) is 13.7. The number of unbranched alkanes of at least 4 members (excludes halogenated alkanes) is 2. The van der Waals surface area contributed by atoms with Gasteiger partial charge in [-0.1, -0.05) is 57.0 Å². The monoisotopic (exact) mass is 365 g/mol. The van der Waals surface area contributed by atoms with Gasteiger partial charge in [-0.2, -0.15) is 0 Å². The van der Waals surface area contributed by atoms with Gasteiger partial charge in [0.2, 0.25) is 0 Å². The van der Waals surface area contributed by atoms with Crippen molar-refractivity contribution in [3.63, 3.8) is 0 Å². The van der Waals surface area contributed by atoms with Crippen molar-refractivity contribution in [1.82, 2.24) is 4.90 Å². The van der Waals surface area contributed by atoms with Gasteiger partial charge in [-0.25, -0.2) is 0 Å². The van der Waals surface area contributed by atoms with Crippen LogP contribution in [0, 0.1) is 0 Å². The summed E-state index contributed by atoms with van der Waals surface area (Å²) in [5.41, 5.74) is 0.998. The average molecular weight is 366 g/mol. The second-order valence-electron chi connectivity index (χ2n) is 6.35. The molecular weight excluding hydrogens is 330 g/mol. The van der Waals surface area contributed by atoms with E-state index in [4.69, 9.17) is 14.2 Å². The number of carbonyl (C=O) groups excluding carboxylic acids is 1. The SMILES string of the molecule is CCCCOCCN(CCOCCCC)CC(=O)OCc1ccccc1. The molecule has 148 valence electrons. The van der Waals surface area contributed by atoms with Crippen molar-refractivity contribution in [3.8, 4) is 0 Å². The lowest BCUT2D eigenvalue weighted by atomic mass is 10.2. The molecule has 0 unspecified atom stereocenters. The van der Waals surface area contributed by atoms with Gasteiger partial charge in [0.15, 0.2) is 0 Å². The predicted molar refractivity (Wildman–Crippen MR) is 104 cm³/mol. The summed E-state index contributed by atoms with van der Waals surface area (Å²) in [4.78, 5) is 14.2. The third kappa shape index (κ3) is 12.0. The minimum Gasteiger partial charge on any atom is -0.460 e. The molecule has 0 spiro atoms. The van der Waals surface area contributed by atoms with Crippen LogP contribution in [0.5, 0.6) is 0 Å². The minimum atomic E-state index is -0.212. The summed E-state index contributed by atoms with van der Waals surface area (Å²) < 4.78 is 16.6. The highest BCUT2D eigenvalue weighted by Gasteiger charge is 2.12. The predicted octanol–water partition coefficient (Wildman–Crippen LogP) is 3.67. The van der Waals surface area contributed by atoms with Gasteiger partial charge in [-0.3, -0.25) is 9.69 Å². The second-order valence-corrected chi connectivity index (χ2v) is 6.35. The molecule has 0 aliphatic rings. The fraction of sp³-hybridized carbons (Fsp3) is 0.667. The minimum absolute atomic E-state index is 0.212. The average Bonchev–Trinajstić information content (AvgIpc) is 2.66. The first-order chi connectivity index (χ1) is 12.8. The fourth-order valence-corrected chi connectivity index (χ4v) is 2.32. The molecule has 0 saturated heterocycles. The number of hydrogen-bond acceptors (Lipinski definition) is 5. The van der Waals surface area contributed by atoms with E-state index < -0.39 is 0 Å². The first-order valence-corrected chi connectivity index (χ1v) is 9.83. The highest BCUT2D eigenvalue weighted by Crippen LogP contribution is 2.02. The maximum absolute atomic E-state index is 12.2. The molecule has 0 aliphatic carbocycles. The van der Waals surface area contributed by atoms with Gasteiger partial charge >= 0.3 is 5.97 Å². The van der Waals surface area contributed by atoms with Gasteiger partial charge in [-0.05, 0) is 18.4 Å². The zero-order valence-electron chi connectivity index (χ0n) is 16.5. The van der Waals surface area contributed by atoms with Crippen LogP contribution in [0.3, 0.4) is 0 Å². The molecule has 5 nitrogen and oxygen atoms in total. The van der Waals surface area contributed by atoms with Gasteiger partial charge in [0.05, 0.1) is 19.8 Å². The summed E-state index contributed by atoms with van der Waals surface area (Å²) in [6.07, 6.45) is 4.39. The number of benzene rings is 1. The van der Waals surface area contributed by atoms with Crippen LogP contribution >= 0.6 is 0 Å². The highest BCUT2D eigenvalue weighted by molar-refractivity contribution is 5.71. The molecule has 0 radical (unpaired) electrons. The van der Waals surface area contributed by atoms with Crippen LogP contribution in [-0.2, 0) is 25.6 Å². The molecule has 0 aromatic heterocycles. The zero-order chi connectivity index (χ0) is 18.9. The lowest BCUT2D eigenvalue weighted by Gasteiger charge is -2.21. The zero-order valence-corrected chi connectivity index (χ0v) is 16.5. The molecule has 0 N–H and O–H groups in total. The van der Waals surface area contributed by atoms with E-state index in [1.54, 1.807) is 0 Å². The maximum Gasteiger partial charge on any atom is 0.320 e. The number of hydrogen-bond donors (Lipinski definition) is 0. The Balaban J connectivity index is 2.31. The molecule has 0 bridgehead atoms. The van der Waals surface area contributed by atoms with Crippen molar-refractivity contribution in [2.24, 2.45) is 0 Å². The Labute approximate surface area is 158 Å². The first-order valence-electron chi connectivity index (χ1n) is 9.83. The summed E-state index contributed by atoms with van der Waals surface area (Å²) in [5.74, 6) is -0.212. The molecule has 26 heavy (non-hydrogen) atoms. The van der Waals surface area contributed by atoms with Crippen LogP contribution in [0.1, 0.15) is 45.1 Å². The molecule has 0 atom stereocenters. The van der Waals surface area contributed by atoms with E-state index in [-0.39, 0.29) is 12.5 Å². The third-order valence-electron chi connectivity index (χ3n) is 3.98. The number of carbonyl (C=O) groups is 1. The Morgan fingerprint density at radius 2 is 1.46 bits per heavy atom. The summed E-state index contributed by atoms with van der Waals surface area (Å²) in [7, 11) is 0. The van der Waals surface area contributed by atoms with E-state index >= 15 is 0 Å². The molecule has 0 amide bonds. The molecule has 0 aliphatic heterocycles. The number of nitrogens with zero attached hydrogens (tertiary/aromatic N) is 1. The van der Waals surface area contributed by atoms with E-state index in [9.17, 15) is 4.79 Å². The lowest BCUT2D eigenvalue weighted by molar-refractivity contribution is -0.146. The molecule has 5 heteroatoms. The largest absolute Gasteiger partial charge is 0.460 e. The van der Waals surface area contributed by atoms with Crippen LogP contribution in [0.4, 0.5) is 0 Å². The molecule has 0 heterocycles. The molecule has 1 rings (SSSR count). The molecule has 0 saturated carbocycles. The molecule has 1 aromatic carbocycles. The van der Waals surface area contributed by atoms with E-state index in [1.807, 2.05) is 35.2 Å². The van der Waals surface area contributed by atoms with E-state index in [0.29, 0.717) is 32.9 Å². The molecular formula is C21H35NO4. The summed E-state index contributed by atoms with van der Waals surface area (Å²) in [6, 6.07) is 9.74. The quantitative estimate of drug-likeness (QED) is 0.330. The number of esters is 1. The van der Waals surface area contributed by atoms with Crippen molar-refractivity contribution >= 4 is 5.97 Å². The highest BCUT2D eigenvalue weighted by atomic mass is 16.5. The van der Waals surface area contributed by atoms with Gasteiger partial charge in [0.25, 0.3) is 0 Å². The Hall–Kier alpha value is -1.43. The Morgan fingerprint density at radius 3 is 2.00 bits per heavy atom. The summed E-state index contributed by atoms with van der Waals surface area (Å²) in [6.45, 7) is 9.09. The van der Waals surface area contributed by atoms with E-state index in [1.165, 1.54) is 0 Å². The van der Waals surface area contributed by atoms with Crippen molar-refractivity contribution in [1.29, 1.82) is 0 Å². The van der Waals surface area contributed by atoms with E-state index in [2.05, 4.69) is 13.8 Å². The fourth-order valence-electron chi connectivity index (χ4n) is 2.32.